The topological polar surface area (TPSA) is 128 Å². The molecule has 0 radical (unpaired) electrons. The van der Waals surface area contributed by atoms with Crippen LogP contribution in [-0.2, 0) is 10.0 Å². The largest absolute Gasteiger partial charge is 0.495 e. The second-order valence-electron chi connectivity index (χ2n) is 5.90. The summed E-state index contributed by atoms with van der Waals surface area (Å²) in [6.07, 6.45) is 0. The van der Waals surface area contributed by atoms with Crippen LogP contribution in [0.2, 0.25) is 0 Å². The van der Waals surface area contributed by atoms with E-state index < -0.39 is 20.9 Å². The zero-order chi connectivity index (χ0) is 20.2. The van der Waals surface area contributed by atoms with Crippen LogP contribution in [-0.4, -0.2) is 32.4 Å². The smallest absolute Gasteiger partial charge is 0.269 e. The van der Waals surface area contributed by atoms with E-state index in [1.54, 1.807) is 13.8 Å². The summed E-state index contributed by atoms with van der Waals surface area (Å²) in [6.45, 7) is 3.35. The molecule has 0 saturated carbocycles. The molecule has 0 fully saturated rings. The van der Waals surface area contributed by atoms with E-state index in [4.69, 9.17) is 4.74 Å². The SMILES string of the molecule is COc1ccc(C(=O)Nc2ccc([N+](=O)[O-])cc2)cc1S(=O)(=O)NC(C)C. The number of amides is 1. The average Bonchev–Trinajstić information content (AvgIpc) is 2.60. The Morgan fingerprint density at radius 3 is 2.30 bits per heavy atom. The van der Waals surface area contributed by atoms with Gasteiger partial charge in [-0.15, -0.1) is 0 Å². The first-order valence-electron chi connectivity index (χ1n) is 7.90. The van der Waals surface area contributed by atoms with Crippen molar-refractivity contribution in [3.05, 3.63) is 58.1 Å². The normalized spacial score (nSPS) is 11.3. The summed E-state index contributed by atoms with van der Waals surface area (Å²) in [5, 5.41) is 13.2. The number of anilines is 1. The van der Waals surface area contributed by atoms with Gasteiger partial charge < -0.3 is 10.1 Å². The molecule has 0 spiro atoms. The van der Waals surface area contributed by atoms with Crippen molar-refractivity contribution in [2.24, 2.45) is 0 Å². The molecule has 0 aliphatic rings. The predicted octanol–water partition coefficient (Wildman–Crippen LogP) is 2.54. The van der Waals surface area contributed by atoms with Gasteiger partial charge in [0, 0.05) is 29.4 Å². The number of nitro groups is 1. The predicted molar refractivity (Wildman–Crippen MR) is 99.5 cm³/mol. The molecule has 2 aromatic rings. The number of carbonyl (C=O) groups is 1. The zero-order valence-electron chi connectivity index (χ0n) is 14.9. The molecule has 27 heavy (non-hydrogen) atoms. The van der Waals surface area contributed by atoms with Crippen molar-refractivity contribution < 1.29 is 22.9 Å². The van der Waals surface area contributed by atoms with Gasteiger partial charge in [0.1, 0.15) is 10.6 Å². The molecular formula is C17H19N3O6S. The summed E-state index contributed by atoms with van der Waals surface area (Å²) in [7, 11) is -2.54. The van der Waals surface area contributed by atoms with Crippen LogP contribution in [0.15, 0.2) is 47.4 Å². The molecule has 0 bridgehead atoms. The number of carbonyl (C=O) groups excluding carboxylic acids is 1. The second kappa shape index (κ2) is 8.14. The van der Waals surface area contributed by atoms with Crippen molar-refractivity contribution in [2.75, 3.05) is 12.4 Å². The quantitative estimate of drug-likeness (QED) is 0.550. The minimum Gasteiger partial charge on any atom is -0.495 e. The second-order valence-corrected chi connectivity index (χ2v) is 7.58. The number of methoxy groups -OCH3 is 1. The standard InChI is InChI=1S/C17H19N3O6S/c1-11(2)19-27(24,25)16-10-12(4-9-15(16)26-3)17(21)18-13-5-7-14(8-6-13)20(22)23/h4-11,19H,1-3H3,(H,18,21). The third-order valence-electron chi connectivity index (χ3n) is 3.44. The van der Waals surface area contributed by atoms with Crippen molar-refractivity contribution in [3.8, 4) is 5.75 Å². The number of ether oxygens (including phenoxy) is 1. The van der Waals surface area contributed by atoms with Crippen LogP contribution in [0, 0.1) is 10.1 Å². The Morgan fingerprint density at radius 1 is 1.15 bits per heavy atom. The lowest BCUT2D eigenvalue weighted by Crippen LogP contribution is -2.30. The third-order valence-corrected chi connectivity index (χ3v) is 5.12. The summed E-state index contributed by atoms with van der Waals surface area (Å²) >= 11 is 0. The minimum absolute atomic E-state index is 0.0956. The fraction of sp³-hybridized carbons (Fsp3) is 0.235. The molecule has 0 aliphatic heterocycles. The molecule has 0 unspecified atom stereocenters. The summed E-state index contributed by atoms with van der Waals surface area (Å²) in [4.78, 5) is 22.4. The molecule has 9 nitrogen and oxygen atoms in total. The molecule has 2 N–H and O–H groups in total. The van der Waals surface area contributed by atoms with E-state index in [9.17, 15) is 23.3 Å². The van der Waals surface area contributed by atoms with Gasteiger partial charge in [0.25, 0.3) is 11.6 Å². The van der Waals surface area contributed by atoms with Crippen molar-refractivity contribution in [3.63, 3.8) is 0 Å². The maximum absolute atomic E-state index is 12.5. The fourth-order valence-corrected chi connectivity index (χ4v) is 3.72. The van der Waals surface area contributed by atoms with Gasteiger partial charge in [-0.2, -0.15) is 0 Å². The molecule has 0 atom stereocenters. The Labute approximate surface area is 156 Å². The summed E-state index contributed by atoms with van der Waals surface area (Å²) in [5.74, 6) is -0.456. The number of nitrogens with zero attached hydrogens (tertiary/aromatic N) is 1. The molecule has 2 rings (SSSR count). The molecule has 0 aliphatic carbocycles. The molecule has 10 heteroatoms. The zero-order valence-corrected chi connectivity index (χ0v) is 15.7. The van der Waals surface area contributed by atoms with E-state index >= 15 is 0 Å². The lowest BCUT2D eigenvalue weighted by molar-refractivity contribution is -0.384. The van der Waals surface area contributed by atoms with Gasteiger partial charge in [-0.25, -0.2) is 13.1 Å². The highest BCUT2D eigenvalue weighted by Crippen LogP contribution is 2.26. The first-order valence-corrected chi connectivity index (χ1v) is 9.38. The Morgan fingerprint density at radius 2 is 1.78 bits per heavy atom. The number of rotatable bonds is 7. The van der Waals surface area contributed by atoms with Gasteiger partial charge in [-0.1, -0.05) is 0 Å². The minimum atomic E-state index is -3.88. The van der Waals surface area contributed by atoms with E-state index in [-0.39, 0.29) is 27.9 Å². The molecule has 2 aromatic carbocycles. The van der Waals surface area contributed by atoms with Gasteiger partial charge in [-0.05, 0) is 44.2 Å². The number of nitrogens with one attached hydrogen (secondary N) is 2. The number of sulfonamides is 1. The number of benzene rings is 2. The maximum atomic E-state index is 12.5. The fourth-order valence-electron chi connectivity index (χ4n) is 2.27. The van der Waals surface area contributed by atoms with Crippen molar-refractivity contribution >= 4 is 27.3 Å². The van der Waals surface area contributed by atoms with Crippen LogP contribution in [0.3, 0.4) is 0 Å². The van der Waals surface area contributed by atoms with Gasteiger partial charge >= 0.3 is 0 Å². The van der Waals surface area contributed by atoms with Gasteiger partial charge in [0.2, 0.25) is 10.0 Å². The Hall–Kier alpha value is -2.98. The number of nitro benzene ring substituents is 1. The maximum Gasteiger partial charge on any atom is 0.269 e. The first-order chi connectivity index (χ1) is 12.6. The molecule has 0 aromatic heterocycles. The van der Waals surface area contributed by atoms with Crippen LogP contribution in [0.4, 0.5) is 11.4 Å². The van der Waals surface area contributed by atoms with Crippen molar-refractivity contribution in [1.82, 2.24) is 4.72 Å². The first kappa shape index (κ1) is 20.3. The Balaban J connectivity index is 2.31. The number of non-ortho nitro benzene ring substituents is 1. The van der Waals surface area contributed by atoms with Crippen LogP contribution < -0.4 is 14.8 Å². The van der Waals surface area contributed by atoms with Gasteiger partial charge in [0.05, 0.1) is 12.0 Å². The lowest BCUT2D eigenvalue weighted by Gasteiger charge is -2.14. The Bertz CT molecular complexity index is 955. The van der Waals surface area contributed by atoms with E-state index in [0.717, 1.165) is 0 Å². The van der Waals surface area contributed by atoms with E-state index in [0.29, 0.717) is 5.69 Å². The van der Waals surface area contributed by atoms with Gasteiger partial charge in [-0.3, -0.25) is 14.9 Å². The van der Waals surface area contributed by atoms with Crippen molar-refractivity contribution in [1.29, 1.82) is 0 Å². The van der Waals surface area contributed by atoms with Gasteiger partial charge in [0.15, 0.2) is 0 Å². The van der Waals surface area contributed by atoms with E-state index in [1.165, 1.54) is 49.6 Å². The van der Waals surface area contributed by atoms with Crippen LogP contribution in [0.25, 0.3) is 0 Å². The summed E-state index contributed by atoms with van der Waals surface area (Å²) < 4.78 is 32.5. The highest BCUT2D eigenvalue weighted by atomic mass is 32.2. The molecule has 0 heterocycles. The average molecular weight is 393 g/mol. The van der Waals surface area contributed by atoms with Crippen LogP contribution >= 0.6 is 0 Å². The Kier molecular flexibility index (Phi) is 6.13. The number of hydrogen-bond acceptors (Lipinski definition) is 6. The molecule has 144 valence electrons. The summed E-state index contributed by atoms with van der Waals surface area (Å²) in [5.41, 5.74) is 0.329. The van der Waals surface area contributed by atoms with E-state index in [1.807, 2.05) is 0 Å². The lowest BCUT2D eigenvalue weighted by atomic mass is 10.2. The molecule has 1 amide bonds. The van der Waals surface area contributed by atoms with E-state index in [2.05, 4.69) is 10.0 Å². The highest BCUT2D eigenvalue weighted by Gasteiger charge is 2.22. The monoisotopic (exact) mass is 393 g/mol. The summed E-state index contributed by atoms with van der Waals surface area (Å²) in [6, 6.07) is 8.97. The molecular weight excluding hydrogens is 374 g/mol. The van der Waals surface area contributed by atoms with Crippen LogP contribution in [0.1, 0.15) is 24.2 Å². The van der Waals surface area contributed by atoms with Crippen LogP contribution in [0.5, 0.6) is 5.75 Å². The molecule has 0 saturated heterocycles. The highest BCUT2D eigenvalue weighted by molar-refractivity contribution is 7.89. The third kappa shape index (κ3) is 5.02. The number of hydrogen-bond donors (Lipinski definition) is 2. The van der Waals surface area contributed by atoms with Crippen molar-refractivity contribution in [2.45, 2.75) is 24.8 Å².